The second-order valence-electron chi connectivity index (χ2n) is 6.36. The van der Waals surface area contributed by atoms with E-state index < -0.39 is 26.6 Å². The lowest BCUT2D eigenvalue weighted by atomic mass is 10.2. The summed E-state index contributed by atoms with van der Waals surface area (Å²) in [5, 5.41) is 2.63. The number of sulfonamides is 1. The number of aryl methyl sites for hydroxylation is 1. The van der Waals surface area contributed by atoms with Gasteiger partial charge in [0.25, 0.3) is 15.9 Å². The minimum absolute atomic E-state index is 0.185. The normalized spacial score (nSPS) is 11.0. The summed E-state index contributed by atoms with van der Waals surface area (Å²) in [6.07, 6.45) is 0. The Morgan fingerprint density at radius 2 is 1.60 bits per heavy atom. The second kappa shape index (κ2) is 8.91. The third-order valence-corrected chi connectivity index (χ3v) is 5.45. The van der Waals surface area contributed by atoms with E-state index in [1.54, 1.807) is 12.1 Å². The van der Waals surface area contributed by atoms with Crippen molar-refractivity contribution in [2.24, 2.45) is 0 Å². The third kappa shape index (κ3) is 5.32. The largest absolute Gasteiger partial charge is 0.483 e. The van der Waals surface area contributed by atoms with Crippen LogP contribution in [0.3, 0.4) is 0 Å². The first kappa shape index (κ1) is 21.3. The van der Waals surface area contributed by atoms with Crippen molar-refractivity contribution < 1.29 is 26.7 Å². The number of nitrogens with one attached hydrogen (secondary N) is 2. The van der Waals surface area contributed by atoms with Gasteiger partial charge in [-0.2, -0.15) is 0 Å². The van der Waals surface area contributed by atoms with E-state index in [2.05, 4.69) is 10.0 Å². The molecule has 0 aliphatic heterocycles. The molecule has 0 aliphatic carbocycles. The summed E-state index contributed by atoms with van der Waals surface area (Å²) in [6, 6.07) is 15.4. The van der Waals surface area contributed by atoms with Crippen molar-refractivity contribution in [2.75, 3.05) is 16.6 Å². The molecule has 3 aromatic carbocycles. The first-order valence-corrected chi connectivity index (χ1v) is 10.3. The van der Waals surface area contributed by atoms with Gasteiger partial charge in [0, 0.05) is 11.4 Å². The minimum Gasteiger partial charge on any atom is -0.483 e. The summed E-state index contributed by atoms with van der Waals surface area (Å²) >= 11 is 0. The molecule has 9 heteroatoms. The van der Waals surface area contributed by atoms with E-state index in [1.807, 2.05) is 19.1 Å². The predicted molar refractivity (Wildman–Crippen MR) is 109 cm³/mol. The number of hydrogen-bond donors (Lipinski definition) is 2. The topological polar surface area (TPSA) is 84.5 Å². The lowest BCUT2D eigenvalue weighted by Crippen LogP contribution is -2.20. The van der Waals surface area contributed by atoms with Gasteiger partial charge in [0.05, 0.1) is 4.90 Å². The maximum Gasteiger partial charge on any atom is 0.262 e. The molecule has 30 heavy (non-hydrogen) atoms. The third-order valence-electron chi connectivity index (χ3n) is 4.07. The second-order valence-corrected chi connectivity index (χ2v) is 8.04. The van der Waals surface area contributed by atoms with Crippen LogP contribution in [0.2, 0.25) is 0 Å². The molecule has 2 N–H and O–H groups in total. The van der Waals surface area contributed by atoms with Crippen molar-refractivity contribution in [1.29, 1.82) is 0 Å². The van der Waals surface area contributed by atoms with Crippen LogP contribution in [0.5, 0.6) is 5.75 Å². The zero-order valence-electron chi connectivity index (χ0n) is 15.9. The Morgan fingerprint density at radius 1 is 0.933 bits per heavy atom. The molecule has 0 radical (unpaired) electrons. The van der Waals surface area contributed by atoms with Crippen molar-refractivity contribution in [3.8, 4) is 5.75 Å². The van der Waals surface area contributed by atoms with E-state index in [0.29, 0.717) is 17.5 Å². The van der Waals surface area contributed by atoms with E-state index in [-0.39, 0.29) is 18.2 Å². The van der Waals surface area contributed by atoms with Gasteiger partial charge in [-0.15, -0.1) is 0 Å². The van der Waals surface area contributed by atoms with Crippen LogP contribution in [0.25, 0.3) is 0 Å². The van der Waals surface area contributed by atoms with Crippen molar-refractivity contribution in [1.82, 2.24) is 0 Å². The fourth-order valence-corrected chi connectivity index (χ4v) is 3.61. The van der Waals surface area contributed by atoms with Gasteiger partial charge in [0.1, 0.15) is 5.75 Å². The number of ether oxygens (including phenoxy) is 1. The highest BCUT2D eigenvalue weighted by Gasteiger charge is 2.16. The molecule has 0 aromatic heterocycles. The molecule has 0 aliphatic rings. The van der Waals surface area contributed by atoms with Gasteiger partial charge in [-0.05, 0) is 61.0 Å². The molecule has 156 valence electrons. The molecule has 3 rings (SSSR count). The highest BCUT2D eigenvalue weighted by molar-refractivity contribution is 7.92. The summed E-state index contributed by atoms with van der Waals surface area (Å²) in [6.45, 7) is 1.68. The molecule has 0 unspecified atom stereocenters. The first-order valence-electron chi connectivity index (χ1n) is 8.81. The van der Waals surface area contributed by atoms with Crippen LogP contribution in [0.15, 0.2) is 71.6 Å². The molecule has 6 nitrogen and oxygen atoms in total. The van der Waals surface area contributed by atoms with Crippen LogP contribution < -0.4 is 14.8 Å². The average molecular weight is 432 g/mol. The maximum absolute atomic E-state index is 13.3. The Morgan fingerprint density at radius 3 is 2.27 bits per heavy atom. The number of carbonyl (C=O) groups excluding carboxylic acids is 1. The van der Waals surface area contributed by atoms with Crippen molar-refractivity contribution in [2.45, 2.75) is 11.8 Å². The molecule has 0 fully saturated rings. The fourth-order valence-electron chi connectivity index (χ4n) is 2.54. The monoisotopic (exact) mass is 432 g/mol. The zero-order valence-corrected chi connectivity index (χ0v) is 16.7. The smallest absolute Gasteiger partial charge is 0.262 e. The molecule has 3 aromatic rings. The van der Waals surface area contributed by atoms with E-state index >= 15 is 0 Å². The Labute approximate surface area is 172 Å². The maximum atomic E-state index is 13.3. The van der Waals surface area contributed by atoms with Crippen LogP contribution in [-0.2, 0) is 14.8 Å². The number of halogens is 2. The SMILES string of the molecule is Cc1ccccc1OCC(=O)Nc1ccc(NS(=O)(=O)c2ccc(F)c(F)c2)cc1. The van der Waals surface area contributed by atoms with Crippen LogP contribution in [0, 0.1) is 18.6 Å². The fraction of sp³-hybridized carbons (Fsp3) is 0.0952. The van der Waals surface area contributed by atoms with Crippen LogP contribution in [0.4, 0.5) is 20.2 Å². The van der Waals surface area contributed by atoms with E-state index in [9.17, 15) is 22.0 Å². The van der Waals surface area contributed by atoms with Crippen molar-refractivity contribution >= 4 is 27.3 Å². The zero-order chi connectivity index (χ0) is 21.7. The molecule has 0 saturated heterocycles. The lowest BCUT2D eigenvalue weighted by molar-refractivity contribution is -0.118. The van der Waals surface area contributed by atoms with Crippen molar-refractivity contribution in [3.05, 3.63) is 83.9 Å². The number of para-hydroxylation sites is 1. The number of anilines is 2. The number of amides is 1. The standard InChI is InChI=1S/C21H18F2N2O4S/c1-14-4-2-3-5-20(14)29-13-21(26)24-15-6-8-16(9-7-15)25-30(27,28)17-10-11-18(22)19(23)12-17/h2-12,25H,13H2,1H3,(H,24,26). The Hall–Kier alpha value is -3.46. The number of carbonyl (C=O) groups is 1. The Kier molecular flexibility index (Phi) is 6.31. The molecular weight excluding hydrogens is 414 g/mol. The average Bonchev–Trinajstić information content (AvgIpc) is 2.70. The molecule has 0 saturated carbocycles. The summed E-state index contributed by atoms with van der Waals surface area (Å²) < 4.78 is 58.6. The number of rotatable bonds is 7. The van der Waals surface area contributed by atoms with Gasteiger partial charge >= 0.3 is 0 Å². The van der Waals surface area contributed by atoms with Gasteiger partial charge in [-0.25, -0.2) is 17.2 Å². The van der Waals surface area contributed by atoms with Crippen LogP contribution in [-0.4, -0.2) is 20.9 Å². The number of hydrogen-bond acceptors (Lipinski definition) is 4. The molecule has 0 spiro atoms. The van der Waals surface area contributed by atoms with Gasteiger partial charge in [0.2, 0.25) is 0 Å². The van der Waals surface area contributed by atoms with Gasteiger partial charge < -0.3 is 10.1 Å². The van der Waals surface area contributed by atoms with Gasteiger partial charge in [0.15, 0.2) is 18.2 Å². The van der Waals surface area contributed by atoms with E-state index in [0.717, 1.165) is 17.7 Å². The summed E-state index contributed by atoms with van der Waals surface area (Å²) in [5.41, 5.74) is 1.53. The quantitative estimate of drug-likeness (QED) is 0.589. The highest BCUT2D eigenvalue weighted by Crippen LogP contribution is 2.20. The molecule has 1 amide bonds. The van der Waals surface area contributed by atoms with Gasteiger partial charge in [-0.3, -0.25) is 9.52 Å². The Balaban J connectivity index is 1.59. The van der Waals surface area contributed by atoms with Crippen LogP contribution in [0.1, 0.15) is 5.56 Å². The van der Waals surface area contributed by atoms with E-state index in [4.69, 9.17) is 4.74 Å². The summed E-state index contributed by atoms with van der Waals surface area (Å²) in [7, 11) is -4.10. The van der Waals surface area contributed by atoms with Gasteiger partial charge in [-0.1, -0.05) is 18.2 Å². The molecule has 0 bridgehead atoms. The number of benzene rings is 3. The lowest BCUT2D eigenvalue weighted by Gasteiger charge is -2.11. The minimum atomic E-state index is -4.10. The summed E-state index contributed by atoms with van der Waals surface area (Å²) in [5.74, 6) is -2.17. The highest BCUT2D eigenvalue weighted by atomic mass is 32.2. The van der Waals surface area contributed by atoms with Crippen molar-refractivity contribution in [3.63, 3.8) is 0 Å². The molecular formula is C21H18F2N2O4S. The molecule has 0 atom stereocenters. The van der Waals surface area contributed by atoms with Crippen LogP contribution >= 0.6 is 0 Å². The van der Waals surface area contributed by atoms with E-state index in [1.165, 1.54) is 24.3 Å². The summed E-state index contributed by atoms with van der Waals surface area (Å²) in [4.78, 5) is 11.6. The predicted octanol–water partition coefficient (Wildman–Crippen LogP) is 4.09. The Bertz CT molecular complexity index is 1170. The first-order chi connectivity index (χ1) is 14.2. The molecule has 0 heterocycles.